The maximum absolute atomic E-state index is 4.78. The SMILES string of the molecule is CC(NCCC1CCCCC1)c1nc2ccccc2n1C. The number of nitrogens with zero attached hydrogens (tertiary/aromatic N) is 2. The summed E-state index contributed by atoms with van der Waals surface area (Å²) in [5.41, 5.74) is 2.31. The summed E-state index contributed by atoms with van der Waals surface area (Å²) in [7, 11) is 2.12. The van der Waals surface area contributed by atoms with Crippen molar-refractivity contribution >= 4 is 11.0 Å². The molecule has 3 rings (SSSR count). The van der Waals surface area contributed by atoms with Crippen molar-refractivity contribution in [3.8, 4) is 0 Å². The van der Waals surface area contributed by atoms with Crippen LogP contribution in [0.2, 0.25) is 0 Å². The number of hydrogen-bond acceptors (Lipinski definition) is 2. The average molecular weight is 285 g/mol. The summed E-state index contributed by atoms with van der Waals surface area (Å²) in [5.74, 6) is 2.08. The summed E-state index contributed by atoms with van der Waals surface area (Å²) in [5, 5.41) is 3.66. The van der Waals surface area contributed by atoms with Gasteiger partial charge in [-0.25, -0.2) is 4.98 Å². The van der Waals surface area contributed by atoms with Gasteiger partial charge >= 0.3 is 0 Å². The van der Waals surface area contributed by atoms with Crippen molar-refractivity contribution in [1.29, 1.82) is 0 Å². The number of rotatable bonds is 5. The van der Waals surface area contributed by atoms with Gasteiger partial charge in [-0.2, -0.15) is 0 Å². The van der Waals surface area contributed by atoms with Crippen molar-refractivity contribution in [3.05, 3.63) is 30.1 Å². The highest BCUT2D eigenvalue weighted by Crippen LogP contribution is 2.26. The second kappa shape index (κ2) is 6.61. The van der Waals surface area contributed by atoms with Crippen molar-refractivity contribution < 1.29 is 0 Å². The second-order valence-electron chi connectivity index (χ2n) is 6.49. The Morgan fingerprint density at radius 3 is 2.76 bits per heavy atom. The minimum atomic E-state index is 0.311. The Bertz CT molecular complexity index is 581. The van der Waals surface area contributed by atoms with Gasteiger partial charge in [0.2, 0.25) is 0 Å². The normalized spacial score (nSPS) is 18.2. The molecule has 1 aromatic heterocycles. The molecule has 1 saturated carbocycles. The van der Waals surface area contributed by atoms with Gasteiger partial charge in [0.1, 0.15) is 5.82 Å². The molecule has 1 atom stereocenters. The topological polar surface area (TPSA) is 29.9 Å². The van der Waals surface area contributed by atoms with Crippen LogP contribution in [0, 0.1) is 5.92 Å². The number of benzene rings is 1. The summed E-state index contributed by atoms with van der Waals surface area (Å²) in [4.78, 5) is 4.78. The van der Waals surface area contributed by atoms with Crippen LogP contribution in [0.3, 0.4) is 0 Å². The third-order valence-corrected chi connectivity index (χ3v) is 4.94. The van der Waals surface area contributed by atoms with Crippen LogP contribution in [0.1, 0.15) is 57.3 Å². The molecule has 2 aromatic rings. The number of aromatic nitrogens is 2. The smallest absolute Gasteiger partial charge is 0.126 e. The van der Waals surface area contributed by atoms with E-state index in [1.54, 1.807) is 0 Å². The van der Waals surface area contributed by atoms with Gasteiger partial charge < -0.3 is 9.88 Å². The van der Waals surface area contributed by atoms with Crippen molar-refractivity contribution in [2.24, 2.45) is 13.0 Å². The lowest BCUT2D eigenvalue weighted by atomic mass is 9.87. The maximum Gasteiger partial charge on any atom is 0.126 e. The molecule has 0 amide bonds. The minimum absolute atomic E-state index is 0.311. The molecular weight excluding hydrogens is 258 g/mol. The molecule has 0 saturated heterocycles. The predicted molar refractivity (Wildman–Crippen MR) is 88.3 cm³/mol. The number of imidazole rings is 1. The molecule has 1 aliphatic rings. The van der Waals surface area contributed by atoms with Crippen molar-refractivity contribution in [3.63, 3.8) is 0 Å². The van der Waals surface area contributed by atoms with E-state index < -0.39 is 0 Å². The fourth-order valence-electron chi connectivity index (χ4n) is 3.62. The van der Waals surface area contributed by atoms with E-state index in [0.29, 0.717) is 6.04 Å². The number of hydrogen-bond donors (Lipinski definition) is 1. The first-order chi connectivity index (χ1) is 10.3. The van der Waals surface area contributed by atoms with Crippen LogP contribution in [0.5, 0.6) is 0 Å². The predicted octanol–water partition coefficient (Wildman–Crippen LogP) is 4.19. The number of aryl methyl sites for hydroxylation is 1. The van der Waals surface area contributed by atoms with Gasteiger partial charge in [0.25, 0.3) is 0 Å². The van der Waals surface area contributed by atoms with Crippen molar-refractivity contribution in [2.75, 3.05) is 6.54 Å². The maximum atomic E-state index is 4.78. The van der Waals surface area contributed by atoms with Crippen molar-refractivity contribution in [1.82, 2.24) is 14.9 Å². The Morgan fingerprint density at radius 1 is 1.24 bits per heavy atom. The molecule has 0 aliphatic heterocycles. The highest BCUT2D eigenvalue weighted by atomic mass is 15.1. The molecule has 3 nitrogen and oxygen atoms in total. The summed E-state index contributed by atoms with van der Waals surface area (Å²) < 4.78 is 2.22. The third kappa shape index (κ3) is 3.29. The van der Waals surface area contributed by atoms with Gasteiger partial charge in [0.15, 0.2) is 0 Å². The quantitative estimate of drug-likeness (QED) is 0.892. The minimum Gasteiger partial charge on any atom is -0.330 e. The fourth-order valence-corrected chi connectivity index (χ4v) is 3.62. The molecule has 1 heterocycles. The largest absolute Gasteiger partial charge is 0.330 e. The first-order valence-corrected chi connectivity index (χ1v) is 8.40. The molecular formula is C18H27N3. The van der Waals surface area contributed by atoms with Gasteiger partial charge in [-0.05, 0) is 37.9 Å². The lowest BCUT2D eigenvalue weighted by Gasteiger charge is -2.22. The van der Waals surface area contributed by atoms with Gasteiger partial charge in [-0.1, -0.05) is 44.2 Å². The molecule has 0 radical (unpaired) electrons. The summed E-state index contributed by atoms with van der Waals surface area (Å²) >= 11 is 0. The van der Waals surface area contributed by atoms with Crippen molar-refractivity contribution in [2.45, 2.75) is 51.5 Å². The van der Waals surface area contributed by atoms with Crippen LogP contribution >= 0.6 is 0 Å². The van der Waals surface area contributed by atoms with Gasteiger partial charge in [0, 0.05) is 7.05 Å². The summed E-state index contributed by atoms with van der Waals surface area (Å²) in [6.45, 7) is 3.33. The molecule has 0 spiro atoms. The third-order valence-electron chi connectivity index (χ3n) is 4.94. The zero-order valence-electron chi connectivity index (χ0n) is 13.3. The molecule has 3 heteroatoms. The number of para-hydroxylation sites is 2. The standard InChI is InChI=1S/C18H27N3/c1-14(19-13-12-15-8-4-3-5-9-15)18-20-16-10-6-7-11-17(16)21(18)2/h6-7,10-11,14-15,19H,3-5,8-9,12-13H2,1-2H3. The van der Waals surface area contributed by atoms with Crippen LogP contribution in [0.15, 0.2) is 24.3 Å². The van der Waals surface area contributed by atoms with Crippen LogP contribution in [-0.4, -0.2) is 16.1 Å². The van der Waals surface area contributed by atoms with Crippen LogP contribution < -0.4 is 5.32 Å². The first-order valence-electron chi connectivity index (χ1n) is 8.40. The first kappa shape index (κ1) is 14.6. The van der Waals surface area contributed by atoms with E-state index in [2.05, 4.69) is 48.1 Å². The molecule has 1 N–H and O–H groups in total. The van der Waals surface area contributed by atoms with E-state index in [1.165, 1.54) is 44.0 Å². The highest BCUT2D eigenvalue weighted by Gasteiger charge is 2.16. The van der Waals surface area contributed by atoms with Crippen LogP contribution in [0.25, 0.3) is 11.0 Å². The Kier molecular flexibility index (Phi) is 4.59. The Balaban J connectivity index is 1.58. The summed E-state index contributed by atoms with van der Waals surface area (Å²) in [6, 6.07) is 8.68. The molecule has 1 fully saturated rings. The Labute approximate surface area is 127 Å². The van der Waals surface area contributed by atoms with E-state index in [1.807, 2.05) is 0 Å². The number of fused-ring (bicyclic) bond motifs is 1. The Hall–Kier alpha value is -1.35. The lowest BCUT2D eigenvalue weighted by Crippen LogP contribution is -2.24. The van der Waals surface area contributed by atoms with E-state index in [9.17, 15) is 0 Å². The highest BCUT2D eigenvalue weighted by molar-refractivity contribution is 5.75. The zero-order chi connectivity index (χ0) is 14.7. The monoisotopic (exact) mass is 285 g/mol. The van der Waals surface area contributed by atoms with E-state index in [-0.39, 0.29) is 0 Å². The zero-order valence-corrected chi connectivity index (χ0v) is 13.3. The van der Waals surface area contributed by atoms with Crippen LogP contribution in [0.4, 0.5) is 0 Å². The van der Waals surface area contributed by atoms with Gasteiger partial charge in [-0.15, -0.1) is 0 Å². The molecule has 21 heavy (non-hydrogen) atoms. The molecule has 1 aromatic carbocycles. The molecule has 114 valence electrons. The number of nitrogens with one attached hydrogen (secondary N) is 1. The van der Waals surface area contributed by atoms with Gasteiger partial charge in [0.05, 0.1) is 17.1 Å². The molecule has 1 unspecified atom stereocenters. The van der Waals surface area contributed by atoms with Gasteiger partial charge in [-0.3, -0.25) is 0 Å². The van der Waals surface area contributed by atoms with Crippen LogP contribution in [-0.2, 0) is 7.05 Å². The van der Waals surface area contributed by atoms with E-state index in [4.69, 9.17) is 4.98 Å². The lowest BCUT2D eigenvalue weighted by molar-refractivity contribution is 0.328. The second-order valence-corrected chi connectivity index (χ2v) is 6.49. The van der Waals surface area contributed by atoms with E-state index >= 15 is 0 Å². The average Bonchev–Trinajstić information content (AvgIpc) is 2.86. The molecule has 1 aliphatic carbocycles. The molecule has 0 bridgehead atoms. The van der Waals surface area contributed by atoms with E-state index in [0.717, 1.165) is 23.8 Å². The summed E-state index contributed by atoms with van der Waals surface area (Å²) in [6.07, 6.45) is 8.50. The fraction of sp³-hybridized carbons (Fsp3) is 0.611. The Morgan fingerprint density at radius 2 is 2.00 bits per heavy atom.